The second-order valence-corrected chi connectivity index (χ2v) is 5.47. The van der Waals surface area contributed by atoms with E-state index >= 15 is 0 Å². The van der Waals surface area contributed by atoms with Gasteiger partial charge in [0, 0.05) is 26.3 Å². The molecule has 0 radical (unpaired) electrons. The van der Waals surface area contributed by atoms with Crippen LogP contribution in [0.25, 0.3) is 0 Å². The fourth-order valence-corrected chi connectivity index (χ4v) is 2.36. The molecule has 7 heteroatoms. The highest BCUT2D eigenvalue weighted by Gasteiger charge is 2.25. The topological polar surface area (TPSA) is 40.0 Å². The van der Waals surface area contributed by atoms with Gasteiger partial charge < -0.3 is 17.3 Å². The molecule has 0 aromatic carbocycles. The molecular formula is C15H21ClN6. The molecule has 118 valence electrons. The molecule has 3 heterocycles. The van der Waals surface area contributed by atoms with Crippen LogP contribution >= 0.6 is 0 Å². The lowest BCUT2D eigenvalue weighted by atomic mass is 10.3. The fourth-order valence-electron chi connectivity index (χ4n) is 2.36. The van der Waals surface area contributed by atoms with Crippen LogP contribution in [0.2, 0.25) is 0 Å². The molecule has 1 aromatic rings. The largest absolute Gasteiger partial charge is 1.00 e. The average molecular weight is 321 g/mol. The van der Waals surface area contributed by atoms with Crippen molar-refractivity contribution in [1.82, 2.24) is 14.4 Å². The van der Waals surface area contributed by atoms with Crippen molar-refractivity contribution >= 4 is 11.9 Å². The molecule has 2 atom stereocenters. The quantitative estimate of drug-likeness (QED) is 0.513. The van der Waals surface area contributed by atoms with Crippen LogP contribution in [0, 0.1) is 0 Å². The Balaban J connectivity index is 0.00000176. The molecule has 2 aliphatic rings. The third-order valence-corrected chi connectivity index (χ3v) is 4.06. The lowest BCUT2D eigenvalue weighted by Gasteiger charge is -2.26. The Labute approximate surface area is 137 Å². The van der Waals surface area contributed by atoms with E-state index in [2.05, 4.69) is 45.8 Å². The minimum absolute atomic E-state index is 0. The first-order valence-corrected chi connectivity index (χ1v) is 7.12. The summed E-state index contributed by atoms with van der Waals surface area (Å²) in [5.41, 5.74) is 0. The molecule has 0 spiro atoms. The van der Waals surface area contributed by atoms with Crippen molar-refractivity contribution in [3.63, 3.8) is 0 Å². The monoisotopic (exact) mass is 320 g/mol. The first kappa shape index (κ1) is 16.3. The Hall–Kier alpha value is -2.08. The highest BCUT2D eigenvalue weighted by molar-refractivity contribution is 5.84. The van der Waals surface area contributed by atoms with Crippen molar-refractivity contribution in [2.75, 3.05) is 14.1 Å². The van der Waals surface area contributed by atoms with E-state index in [1.807, 2.05) is 54.4 Å². The Morgan fingerprint density at radius 1 is 1.00 bits per heavy atom. The van der Waals surface area contributed by atoms with Crippen LogP contribution in [-0.4, -0.2) is 52.5 Å². The van der Waals surface area contributed by atoms with E-state index in [-0.39, 0.29) is 12.4 Å². The molecule has 6 nitrogen and oxygen atoms in total. The molecule has 0 saturated heterocycles. The molecule has 0 N–H and O–H groups in total. The van der Waals surface area contributed by atoms with Crippen LogP contribution < -0.4 is 17.0 Å². The summed E-state index contributed by atoms with van der Waals surface area (Å²) in [7, 11) is 4.10. The number of halogens is 1. The Morgan fingerprint density at radius 2 is 1.64 bits per heavy atom. The van der Waals surface area contributed by atoms with Crippen molar-refractivity contribution in [1.29, 1.82) is 0 Å². The lowest BCUT2D eigenvalue weighted by molar-refractivity contribution is -0.564. The average Bonchev–Trinajstić information content (AvgIpc) is 2.94. The van der Waals surface area contributed by atoms with Crippen molar-refractivity contribution in [2.45, 2.75) is 25.9 Å². The van der Waals surface area contributed by atoms with E-state index in [1.165, 1.54) is 0 Å². The lowest BCUT2D eigenvalue weighted by Crippen LogP contribution is -3.00. The van der Waals surface area contributed by atoms with Gasteiger partial charge >= 0.3 is 5.96 Å². The Bertz CT molecular complexity index is 602. The van der Waals surface area contributed by atoms with Crippen molar-refractivity contribution in [3.05, 3.63) is 43.3 Å². The van der Waals surface area contributed by atoms with Gasteiger partial charge in [0.2, 0.25) is 0 Å². The second-order valence-electron chi connectivity index (χ2n) is 5.47. The molecule has 2 unspecified atom stereocenters. The third-order valence-electron chi connectivity index (χ3n) is 4.06. The zero-order chi connectivity index (χ0) is 15.0. The molecule has 0 fully saturated rings. The number of nitrogens with zero attached hydrogens (tertiary/aromatic N) is 6. The number of imidazole rings is 1. The highest BCUT2D eigenvalue weighted by atomic mass is 35.5. The predicted octanol–water partition coefficient (Wildman–Crippen LogP) is -2.12. The summed E-state index contributed by atoms with van der Waals surface area (Å²) >= 11 is 0. The number of rotatable bonds is 0. The van der Waals surface area contributed by atoms with E-state index in [9.17, 15) is 0 Å². The van der Waals surface area contributed by atoms with E-state index in [0.29, 0.717) is 12.1 Å². The van der Waals surface area contributed by atoms with Gasteiger partial charge in [-0.2, -0.15) is 0 Å². The normalized spacial score (nSPS) is 24.0. The van der Waals surface area contributed by atoms with Gasteiger partial charge in [-0.05, 0) is 26.0 Å². The van der Waals surface area contributed by atoms with Crippen LogP contribution in [0.5, 0.6) is 0 Å². The van der Waals surface area contributed by atoms with E-state index < -0.39 is 0 Å². The number of hydrogen-bond donors (Lipinski definition) is 0. The van der Waals surface area contributed by atoms with Crippen LogP contribution in [0.4, 0.5) is 0 Å². The fraction of sp³-hybridized carbons (Fsp3) is 0.400. The van der Waals surface area contributed by atoms with Gasteiger partial charge in [-0.15, -0.1) is 4.99 Å². The maximum Gasteiger partial charge on any atom is 0.354 e. The number of aromatic nitrogens is 2. The molecule has 0 amide bonds. The molecular weight excluding hydrogens is 300 g/mol. The van der Waals surface area contributed by atoms with Gasteiger partial charge in [0.25, 0.3) is 5.96 Å². The van der Waals surface area contributed by atoms with E-state index in [0.717, 1.165) is 11.9 Å². The van der Waals surface area contributed by atoms with Crippen molar-refractivity contribution < 1.29 is 17.0 Å². The summed E-state index contributed by atoms with van der Waals surface area (Å²) < 4.78 is 4.03. The summed E-state index contributed by atoms with van der Waals surface area (Å²) in [6.07, 6.45) is 13.9. The minimum Gasteiger partial charge on any atom is -1.00 e. The van der Waals surface area contributed by atoms with Gasteiger partial charge in [-0.25, -0.2) is 14.1 Å². The third kappa shape index (κ3) is 2.78. The number of likely N-dealkylation sites (N-methyl/N-ethyl adjacent to an activating group) is 2. The van der Waals surface area contributed by atoms with Crippen LogP contribution in [0.15, 0.2) is 53.3 Å². The molecule has 0 bridgehead atoms. The number of aliphatic imine (C=N–C) groups is 2. The van der Waals surface area contributed by atoms with E-state index in [1.54, 1.807) is 0 Å². The summed E-state index contributed by atoms with van der Waals surface area (Å²) in [5, 5.41) is 0. The molecule has 0 aliphatic carbocycles. The second kappa shape index (κ2) is 6.36. The van der Waals surface area contributed by atoms with E-state index in [4.69, 9.17) is 0 Å². The Morgan fingerprint density at radius 3 is 2.36 bits per heavy atom. The molecule has 2 aliphatic heterocycles. The van der Waals surface area contributed by atoms with Gasteiger partial charge in [0.1, 0.15) is 0 Å². The van der Waals surface area contributed by atoms with Crippen LogP contribution in [0.1, 0.15) is 13.8 Å². The molecule has 3 rings (SSSR count). The zero-order valence-corrected chi connectivity index (χ0v) is 14.0. The van der Waals surface area contributed by atoms with Gasteiger partial charge in [0.05, 0.1) is 24.6 Å². The first-order valence-electron chi connectivity index (χ1n) is 7.12. The van der Waals surface area contributed by atoms with Crippen molar-refractivity contribution in [3.8, 4) is 0 Å². The van der Waals surface area contributed by atoms with Gasteiger partial charge in [-0.3, -0.25) is 4.90 Å². The molecule has 22 heavy (non-hydrogen) atoms. The smallest absolute Gasteiger partial charge is 0.354 e. The standard InChI is InChI=1S/C15H21N6.ClH/c1-12-5-7-16-14(18(12)3)20-9-10-21(11-20)15-17-8-6-13(2)19(15)4;/h5-13H,1-4H3;1H/q+1;/p-1. The van der Waals surface area contributed by atoms with Crippen LogP contribution in [0.3, 0.4) is 0 Å². The Kier molecular flexibility index (Phi) is 4.71. The highest BCUT2D eigenvalue weighted by Crippen LogP contribution is 2.08. The van der Waals surface area contributed by atoms with Crippen molar-refractivity contribution in [2.24, 2.45) is 9.98 Å². The first-order chi connectivity index (χ1) is 10.1. The molecule has 1 aromatic heterocycles. The maximum absolute atomic E-state index is 4.47. The summed E-state index contributed by atoms with van der Waals surface area (Å²) in [6.45, 7) is 4.29. The molecule has 0 saturated carbocycles. The van der Waals surface area contributed by atoms with Gasteiger partial charge in [0.15, 0.2) is 6.33 Å². The van der Waals surface area contributed by atoms with Crippen LogP contribution in [-0.2, 0) is 0 Å². The summed E-state index contributed by atoms with van der Waals surface area (Å²) in [4.78, 5) is 13.2. The summed E-state index contributed by atoms with van der Waals surface area (Å²) in [6, 6.07) is 0.678. The SMILES string of the molecule is CC1C=CN=C(n2cc[n+](C3=NC=CC(C)N3C)c2)N1C.[Cl-]. The van der Waals surface area contributed by atoms with Gasteiger partial charge in [-0.1, -0.05) is 0 Å². The zero-order valence-electron chi connectivity index (χ0n) is 13.3. The summed E-state index contributed by atoms with van der Waals surface area (Å²) in [5.74, 6) is 1.82. The minimum atomic E-state index is 0. The maximum atomic E-state index is 4.47. The number of hydrogen-bond acceptors (Lipinski definition) is 4. The predicted molar refractivity (Wildman–Crippen MR) is 83.0 cm³/mol.